The van der Waals surface area contributed by atoms with E-state index in [0.717, 1.165) is 12.3 Å². The molecule has 7 nitrogen and oxygen atoms in total. The highest BCUT2D eigenvalue weighted by atomic mass is 32.3. The van der Waals surface area contributed by atoms with E-state index in [0.29, 0.717) is 0 Å². The SMILES string of the molecule is C=C(C)C(=O)Nc1cccc(S(=O)(=O)NS(C)(=O)=O)c1. The van der Waals surface area contributed by atoms with Crippen molar-refractivity contribution in [3.8, 4) is 0 Å². The topological polar surface area (TPSA) is 109 Å². The average Bonchev–Trinajstić information content (AvgIpc) is 2.26. The van der Waals surface area contributed by atoms with Gasteiger partial charge in [0, 0.05) is 11.3 Å². The molecule has 1 aromatic rings. The molecular formula is C11H14N2O5S2. The number of anilines is 1. The van der Waals surface area contributed by atoms with E-state index in [4.69, 9.17) is 0 Å². The van der Waals surface area contributed by atoms with E-state index in [1.807, 2.05) is 0 Å². The molecule has 0 saturated heterocycles. The van der Waals surface area contributed by atoms with E-state index < -0.39 is 26.0 Å². The van der Waals surface area contributed by atoms with Crippen molar-refractivity contribution in [1.82, 2.24) is 4.13 Å². The van der Waals surface area contributed by atoms with Crippen LogP contribution in [0.5, 0.6) is 0 Å². The molecule has 0 radical (unpaired) electrons. The van der Waals surface area contributed by atoms with Gasteiger partial charge in [-0.1, -0.05) is 12.6 Å². The largest absolute Gasteiger partial charge is 0.322 e. The molecule has 1 amide bonds. The third-order valence-corrected chi connectivity index (χ3v) is 5.01. The molecule has 0 saturated carbocycles. The van der Waals surface area contributed by atoms with E-state index in [-0.39, 0.29) is 16.2 Å². The molecule has 0 fully saturated rings. The fourth-order valence-electron chi connectivity index (χ4n) is 1.23. The predicted octanol–water partition coefficient (Wildman–Crippen LogP) is 0.439. The number of hydrogen-bond donors (Lipinski definition) is 2. The lowest BCUT2D eigenvalue weighted by Crippen LogP contribution is -2.29. The Kier molecular flexibility index (Phi) is 4.69. The first-order chi connectivity index (χ1) is 9.01. The van der Waals surface area contributed by atoms with Crippen LogP contribution in [0.2, 0.25) is 0 Å². The van der Waals surface area contributed by atoms with Gasteiger partial charge in [-0.15, -0.1) is 4.13 Å². The van der Waals surface area contributed by atoms with Crippen molar-refractivity contribution in [2.75, 3.05) is 11.6 Å². The average molecular weight is 318 g/mol. The zero-order valence-corrected chi connectivity index (χ0v) is 12.5. The monoisotopic (exact) mass is 318 g/mol. The van der Waals surface area contributed by atoms with Gasteiger partial charge in [-0.2, -0.15) is 0 Å². The summed E-state index contributed by atoms with van der Waals surface area (Å²) in [6.45, 7) is 4.95. The summed E-state index contributed by atoms with van der Waals surface area (Å²) in [4.78, 5) is 11.2. The molecule has 0 spiro atoms. The van der Waals surface area contributed by atoms with Crippen LogP contribution in [-0.2, 0) is 24.8 Å². The van der Waals surface area contributed by atoms with Gasteiger partial charge in [-0.3, -0.25) is 4.79 Å². The molecule has 1 aromatic carbocycles. The van der Waals surface area contributed by atoms with Crippen LogP contribution >= 0.6 is 0 Å². The van der Waals surface area contributed by atoms with Gasteiger partial charge in [-0.05, 0) is 25.1 Å². The number of sulfonamides is 2. The number of carbonyl (C=O) groups excluding carboxylic acids is 1. The molecule has 9 heteroatoms. The Balaban J connectivity index is 3.11. The number of rotatable bonds is 5. The Morgan fingerprint density at radius 2 is 1.80 bits per heavy atom. The second kappa shape index (κ2) is 5.73. The van der Waals surface area contributed by atoms with E-state index in [1.165, 1.54) is 29.3 Å². The Labute approximate surface area is 117 Å². The van der Waals surface area contributed by atoms with Crippen LogP contribution in [0, 0.1) is 0 Å². The smallest absolute Gasteiger partial charge is 0.253 e. The van der Waals surface area contributed by atoms with Crippen molar-refractivity contribution in [1.29, 1.82) is 0 Å². The van der Waals surface area contributed by atoms with E-state index in [2.05, 4.69) is 11.9 Å². The molecule has 20 heavy (non-hydrogen) atoms. The Morgan fingerprint density at radius 1 is 1.20 bits per heavy atom. The molecule has 2 N–H and O–H groups in total. The summed E-state index contributed by atoms with van der Waals surface area (Å²) >= 11 is 0. The fourth-order valence-corrected chi connectivity index (χ4v) is 3.75. The summed E-state index contributed by atoms with van der Waals surface area (Å²) in [6.07, 6.45) is 0.733. The number of amides is 1. The van der Waals surface area contributed by atoms with Crippen LogP contribution in [0.3, 0.4) is 0 Å². The lowest BCUT2D eigenvalue weighted by atomic mass is 10.3. The Bertz CT molecular complexity index is 751. The molecule has 0 unspecified atom stereocenters. The first kappa shape index (κ1) is 16.3. The lowest BCUT2D eigenvalue weighted by molar-refractivity contribution is -0.112. The van der Waals surface area contributed by atoms with Crippen molar-refractivity contribution in [2.24, 2.45) is 0 Å². The van der Waals surface area contributed by atoms with Crippen LogP contribution in [0.4, 0.5) is 5.69 Å². The molecule has 0 atom stereocenters. The van der Waals surface area contributed by atoms with Crippen molar-refractivity contribution >= 4 is 31.6 Å². The highest BCUT2D eigenvalue weighted by Crippen LogP contribution is 2.16. The van der Waals surface area contributed by atoms with Gasteiger partial charge in [0.05, 0.1) is 11.2 Å². The van der Waals surface area contributed by atoms with Gasteiger partial charge in [0.25, 0.3) is 15.9 Å². The fraction of sp³-hybridized carbons (Fsp3) is 0.182. The van der Waals surface area contributed by atoms with Crippen LogP contribution in [-0.4, -0.2) is 29.0 Å². The number of hydrogen-bond acceptors (Lipinski definition) is 5. The predicted molar refractivity (Wildman–Crippen MR) is 75.1 cm³/mol. The van der Waals surface area contributed by atoms with Gasteiger partial charge in [0.15, 0.2) is 0 Å². The summed E-state index contributed by atoms with van der Waals surface area (Å²) < 4.78 is 47.1. The first-order valence-corrected chi connectivity index (χ1v) is 8.69. The molecule has 110 valence electrons. The quantitative estimate of drug-likeness (QED) is 0.766. The minimum atomic E-state index is -4.21. The lowest BCUT2D eigenvalue weighted by Gasteiger charge is -2.08. The molecule has 0 heterocycles. The Morgan fingerprint density at radius 3 is 2.30 bits per heavy atom. The molecule has 0 bridgehead atoms. The van der Waals surface area contributed by atoms with Crippen molar-refractivity contribution in [2.45, 2.75) is 11.8 Å². The number of carbonyl (C=O) groups is 1. The summed E-state index contributed by atoms with van der Waals surface area (Å²) in [5.74, 6) is -0.462. The standard InChI is InChI=1S/C11H14N2O5S2/c1-8(2)11(14)12-9-5-4-6-10(7-9)20(17,18)13-19(3,15)16/h4-7,13H,1H2,2-3H3,(H,12,14). The molecule has 1 rings (SSSR count). The third-order valence-electron chi connectivity index (χ3n) is 2.05. The molecular weight excluding hydrogens is 304 g/mol. The highest BCUT2D eigenvalue weighted by Gasteiger charge is 2.19. The van der Waals surface area contributed by atoms with Gasteiger partial charge >= 0.3 is 0 Å². The zero-order chi connectivity index (χ0) is 15.6. The molecule has 0 aromatic heterocycles. The van der Waals surface area contributed by atoms with Gasteiger partial charge in [0.2, 0.25) is 10.0 Å². The summed E-state index contributed by atoms with van der Waals surface area (Å²) in [6, 6.07) is 5.21. The Hall–Kier alpha value is -1.71. The minimum absolute atomic E-state index is 0.217. The van der Waals surface area contributed by atoms with Gasteiger partial charge < -0.3 is 5.32 Å². The minimum Gasteiger partial charge on any atom is -0.322 e. The van der Waals surface area contributed by atoms with Crippen LogP contribution < -0.4 is 9.44 Å². The van der Waals surface area contributed by atoms with Crippen LogP contribution in [0.15, 0.2) is 41.3 Å². The summed E-state index contributed by atoms with van der Waals surface area (Å²) in [7, 11) is -8.13. The molecule has 0 aliphatic carbocycles. The van der Waals surface area contributed by atoms with Gasteiger partial charge in [-0.25, -0.2) is 16.8 Å². The molecule has 0 aliphatic rings. The maximum absolute atomic E-state index is 11.8. The highest BCUT2D eigenvalue weighted by molar-refractivity contribution is 8.04. The maximum atomic E-state index is 11.8. The maximum Gasteiger partial charge on any atom is 0.253 e. The van der Waals surface area contributed by atoms with Crippen LogP contribution in [0.25, 0.3) is 0 Å². The first-order valence-electron chi connectivity index (χ1n) is 5.32. The van der Waals surface area contributed by atoms with Crippen molar-refractivity contribution in [3.05, 3.63) is 36.4 Å². The van der Waals surface area contributed by atoms with E-state index in [1.54, 1.807) is 0 Å². The summed E-state index contributed by atoms with van der Waals surface area (Å²) in [5.41, 5.74) is 0.474. The molecule has 0 aliphatic heterocycles. The third kappa shape index (κ3) is 4.76. The number of nitrogens with one attached hydrogen (secondary N) is 2. The second-order valence-corrected chi connectivity index (χ2v) is 7.81. The van der Waals surface area contributed by atoms with Gasteiger partial charge in [0.1, 0.15) is 0 Å². The normalized spacial score (nSPS) is 11.9. The summed E-state index contributed by atoms with van der Waals surface area (Å²) in [5, 5.41) is 2.44. The number of benzene rings is 1. The van der Waals surface area contributed by atoms with E-state index >= 15 is 0 Å². The second-order valence-electron chi connectivity index (χ2n) is 4.12. The zero-order valence-electron chi connectivity index (χ0n) is 10.9. The van der Waals surface area contributed by atoms with E-state index in [9.17, 15) is 21.6 Å². The van der Waals surface area contributed by atoms with Crippen molar-refractivity contribution in [3.63, 3.8) is 0 Å². The van der Waals surface area contributed by atoms with Crippen molar-refractivity contribution < 1.29 is 21.6 Å². The van der Waals surface area contributed by atoms with Crippen LogP contribution in [0.1, 0.15) is 6.92 Å².